The van der Waals surface area contributed by atoms with Crippen LogP contribution >= 0.6 is 0 Å². The molecule has 0 saturated heterocycles. The Morgan fingerprint density at radius 2 is 1.84 bits per heavy atom. The average Bonchev–Trinajstić information content (AvgIpc) is 2.34. The van der Waals surface area contributed by atoms with Gasteiger partial charge in [-0.3, -0.25) is 4.79 Å². The first-order valence-corrected chi connectivity index (χ1v) is 5.30. The van der Waals surface area contributed by atoms with Crippen LogP contribution in [0.2, 0.25) is 0 Å². The van der Waals surface area contributed by atoms with Crippen molar-refractivity contribution in [1.29, 1.82) is 0 Å². The fraction of sp³-hybridized carbons (Fsp3) is 0.167. The van der Waals surface area contributed by atoms with Gasteiger partial charge in [0.1, 0.15) is 0 Å². The Kier molecular flexibility index (Phi) is 3.05. The Hall–Kier alpha value is -2.31. The van der Waals surface area contributed by atoms with Gasteiger partial charge in [-0.05, 0) is 24.3 Å². The van der Waals surface area contributed by atoms with E-state index in [1.807, 2.05) is 0 Å². The molecule has 19 heavy (non-hydrogen) atoms. The van der Waals surface area contributed by atoms with Crippen LogP contribution in [0.4, 0.5) is 18.9 Å². The number of carbonyl (C=O) groups excluding carboxylic acids is 1. The van der Waals surface area contributed by atoms with E-state index in [1.165, 1.54) is 6.92 Å². The van der Waals surface area contributed by atoms with Crippen molar-refractivity contribution in [3.8, 4) is 0 Å². The molecular weight excluding hydrogens is 261 g/mol. The van der Waals surface area contributed by atoms with E-state index in [0.717, 1.165) is 30.5 Å². The maximum Gasteiger partial charge on any atom is 0.416 e. The molecule has 2 rings (SSSR count). The van der Waals surface area contributed by atoms with Crippen molar-refractivity contribution >= 4 is 17.3 Å². The fourth-order valence-corrected chi connectivity index (χ4v) is 1.52. The summed E-state index contributed by atoms with van der Waals surface area (Å²) in [6, 6.07) is 4.07. The zero-order chi connectivity index (χ0) is 14.2. The number of amides is 1. The minimum atomic E-state index is -4.41. The van der Waals surface area contributed by atoms with Crippen LogP contribution in [-0.2, 0) is 11.0 Å². The molecule has 0 spiro atoms. The van der Waals surface area contributed by atoms with Gasteiger partial charge >= 0.3 is 6.18 Å². The molecular formula is C12H9F3N2O2. The largest absolute Gasteiger partial charge is 0.618 e. The molecule has 7 heteroatoms. The molecule has 1 aliphatic rings. The average molecular weight is 270 g/mol. The lowest BCUT2D eigenvalue weighted by molar-refractivity contribution is -0.391. The minimum absolute atomic E-state index is 0.217. The number of hydrogen-bond donors (Lipinski definition) is 1. The summed E-state index contributed by atoms with van der Waals surface area (Å²) >= 11 is 0. The third kappa shape index (κ3) is 2.59. The van der Waals surface area contributed by atoms with Crippen LogP contribution < -0.4 is 5.32 Å². The molecule has 0 radical (unpaired) electrons. The van der Waals surface area contributed by atoms with Crippen LogP contribution in [0.15, 0.2) is 36.0 Å². The quantitative estimate of drug-likeness (QED) is 0.663. The molecule has 1 aliphatic heterocycles. The number of rotatable bonds is 2. The summed E-state index contributed by atoms with van der Waals surface area (Å²) < 4.78 is 37.5. The number of benzene rings is 1. The molecule has 1 aromatic rings. The molecule has 100 valence electrons. The van der Waals surface area contributed by atoms with Gasteiger partial charge in [-0.2, -0.15) is 17.9 Å². The molecule has 1 N–H and O–H groups in total. The number of halogens is 3. The molecule has 0 bridgehead atoms. The van der Waals surface area contributed by atoms with Gasteiger partial charge in [-0.15, -0.1) is 0 Å². The van der Waals surface area contributed by atoms with E-state index in [0.29, 0.717) is 4.74 Å². The highest BCUT2D eigenvalue weighted by Gasteiger charge is 2.31. The SMILES string of the molecule is CC1=[N+]([O-])C=C1C(=O)Nc1ccc(C(F)(F)F)cc1. The van der Waals surface area contributed by atoms with Crippen molar-refractivity contribution < 1.29 is 22.7 Å². The number of nitrogens with one attached hydrogen (secondary N) is 1. The Labute approximate surface area is 106 Å². The number of hydrogen-bond acceptors (Lipinski definition) is 2. The van der Waals surface area contributed by atoms with Crippen molar-refractivity contribution in [2.24, 2.45) is 0 Å². The molecule has 1 aromatic carbocycles. The Morgan fingerprint density at radius 3 is 2.26 bits per heavy atom. The van der Waals surface area contributed by atoms with E-state index in [2.05, 4.69) is 5.32 Å². The summed E-state index contributed by atoms with van der Waals surface area (Å²) in [5.41, 5.74) is -0.0720. The van der Waals surface area contributed by atoms with E-state index >= 15 is 0 Å². The number of hydroxylamine groups is 1. The third-order valence-corrected chi connectivity index (χ3v) is 2.68. The highest BCUT2D eigenvalue weighted by Crippen LogP contribution is 2.29. The van der Waals surface area contributed by atoms with Crippen molar-refractivity contribution in [1.82, 2.24) is 0 Å². The number of alkyl halides is 3. The predicted octanol–water partition coefficient (Wildman–Crippen LogP) is 2.51. The number of anilines is 1. The van der Waals surface area contributed by atoms with Gasteiger partial charge in [0.2, 0.25) is 5.71 Å². The van der Waals surface area contributed by atoms with Crippen molar-refractivity contribution in [2.75, 3.05) is 5.32 Å². The standard InChI is InChI=1S/C12H9F3N2O2/c1-7-10(6-17(7)19)11(18)16-9-4-2-8(3-5-9)12(13,14)15/h2-6H,1H3,(H,16,18). The van der Waals surface area contributed by atoms with Gasteiger partial charge in [-0.1, -0.05) is 0 Å². The van der Waals surface area contributed by atoms with Crippen LogP contribution in [0, 0.1) is 5.21 Å². The Balaban J connectivity index is 2.05. The van der Waals surface area contributed by atoms with Crippen LogP contribution in [0.5, 0.6) is 0 Å². The molecule has 0 fully saturated rings. The summed E-state index contributed by atoms with van der Waals surface area (Å²) in [6.07, 6.45) is -3.30. The summed E-state index contributed by atoms with van der Waals surface area (Å²) in [6.45, 7) is 1.48. The second-order valence-electron chi connectivity index (χ2n) is 3.98. The van der Waals surface area contributed by atoms with Gasteiger partial charge < -0.3 is 10.5 Å². The predicted molar refractivity (Wildman–Crippen MR) is 62.5 cm³/mol. The van der Waals surface area contributed by atoms with E-state index < -0.39 is 17.6 Å². The second kappa shape index (κ2) is 4.42. The minimum Gasteiger partial charge on any atom is -0.618 e. The normalized spacial score (nSPS) is 14.8. The number of carbonyl (C=O) groups is 1. The van der Waals surface area contributed by atoms with Gasteiger partial charge in [0.05, 0.1) is 5.56 Å². The van der Waals surface area contributed by atoms with Crippen molar-refractivity contribution in [2.45, 2.75) is 13.1 Å². The lowest BCUT2D eigenvalue weighted by atomic mass is 10.1. The lowest BCUT2D eigenvalue weighted by Gasteiger charge is -2.14. The first kappa shape index (κ1) is 13.1. The Bertz CT molecular complexity index is 586. The molecule has 1 amide bonds. The molecule has 0 aliphatic carbocycles. The smallest absolute Gasteiger partial charge is 0.416 e. The van der Waals surface area contributed by atoms with Crippen molar-refractivity contribution in [3.63, 3.8) is 0 Å². The van der Waals surface area contributed by atoms with E-state index in [-0.39, 0.29) is 17.0 Å². The highest BCUT2D eigenvalue weighted by atomic mass is 19.4. The number of nitrogens with zero attached hydrogens (tertiary/aromatic N) is 1. The van der Waals surface area contributed by atoms with Crippen LogP contribution in [0.25, 0.3) is 0 Å². The Morgan fingerprint density at radius 1 is 1.26 bits per heavy atom. The van der Waals surface area contributed by atoms with Crippen molar-refractivity contribution in [3.05, 3.63) is 46.8 Å². The van der Waals surface area contributed by atoms with Gasteiger partial charge in [-0.25, -0.2) is 0 Å². The molecule has 4 nitrogen and oxygen atoms in total. The zero-order valence-corrected chi connectivity index (χ0v) is 9.78. The summed E-state index contributed by atoms with van der Waals surface area (Å²) in [7, 11) is 0. The highest BCUT2D eigenvalue weighted by molar-refractivity contribution is 6.24. The molecule has 1 heterocycles. The fourth-order valence-electron chi connectivity index (χ4n) is 1.52. The summed E-state index contributed by atoms with van der Waals surface area (Å²) in [5, 5.41) is 13.3. The molecule has 0 unspecified atom stereocenters. The molecule has 0 saturated carbocycles. The first-order chi connectivity index (χ1) is 8.79. The van der Waals surface area contributed by atoms with Gasteiger partial charge in [0.25, 0.3) is 5.91 Å². The first-order valence-electron chi connectivity index (χ1n) is 5.30. The van der Waals surface area contributed by atoms with Gasteiger partial charge in [0.15, 0.2) is 11.8 Å². The zero-order valence-electron chi connectivity index (χ0n) is 9.78. The van der Waals surface area contributed by atoms with E-state index in [4.69, 9.17) is 0 Å². The van der Waals surface area contributed by atoms with Gasteiger partial charge in [0, 0.05) is 12.6 Å². The molecule has 0 aromatic heterocycles. The van der Waals surface area contributed by atoms with E-state index in [9.17, 15) is 23.2 Å². The van der Waals surface area contributed by atoms with Crippen LogP contribution in [0.1, 0.15) is 12.5 Å². The second-order valence-corrected chi connectivity index (χ2v) is 3.98. The monoisotopic (exact) mass is 270 g/mol. The lowest BCUT2D eigenvalue weighted by Crippen LogP contribution is -2.30. The summed E-state index contributed by atoms with van der Waals surface area (Å²) in [4.78, 5) is 11.6. The van der Waals surface area contributed by atoms with Crippen LogP contribution in [-0.4, -0.2) is 16.4 Å². The third-order valence-electron chi connectivity index (χ3n) is 2.68. The topological polar surface area (TPSA) is 55.2 Å². The maximum atomic E-state index is 12.3. The maximum absolute atomic E-state index is 12.3. The van der Waals surface area contributed by atoms with E-state index in [1.54, 1.807) is 0 Å². The summed E-state index contributed by atoms with van der Waals surface area (Å²) in [5.74, 6) is -0.524. The van der Waals surface area contributed by atoms with Crippen LogP contribution in [0.3, 0.4) is 0 Å². The molecule has 0 atom stereocenters.